The fraction of sp³-hybridized carbons (Fsp3) is 0.351. The molecule has 2 aliphatic rings. The van der Waals surface area contributed by atoms with E-state index in [1.54, 1.807) is 13.0 Å². The Labute approximate surface area is 325 Å². The first-order valence-corrected chi connectivity index (χ1v) is 19.6. The highest BCUT2D eigenvalue weighted by Crippen LogP contribution is 2.68. The van der Waals surface area contributed by atoms with Gasteiger partial charge in [-0.2, -0.15) is 32.1 Å². The van der Waals surface area contributed by atoms with Gasteiger partial charge >= 0.3 is 6.18 Å². The molecule has 1 fully saturated rings. The molecule has 5 aromatic rings. The van der Waals surface area contributed by atoms with Crippen molar-refractivity contribution in [3.05, 3.63) is 93.0 Å². The van der Waals surface area contributed by atoms with E-state index in [0.29, 0.717) is 16.3 Å². The summed E-state index contributed by atoms with van der Waals surface area (Å²) in [7, 11) is -2.35. The smallest absolute Gasteiger partial charge is 0.380 e. The third-order valence-corrected chi connectivity index (χ3v) is 10.6. The van der Waals surface area contributed by atoms with E-state index in [-0.39, 0.29) is 57.1 Å². The number of benzene rings is 2. The molecule has 0 radical (unpaired) electrons. The van der Waals surface area contributed by atoms with Crippen molar-refractivity contribution in [3.8, 4) is 23.0 Å². The Morgan fingerprint density at radius 1 is 1.11 bits per heavy atom. The first kappa shape index (κ1) is 40.0. The standard InChI is InChI=1S/C37H31ClF7N7O4S/c1-4-21(53)7-5-20-6-8-22(23-9-10-26(38)30-32(23)51(2)49-35(30)50-57(3,55)56)31(46-20)27(13-17-11-18(39)14-19(40)12-17)47-28(54)16-52-34-29(33(48-52)37(43,44)45)24-15-25(24)36(34,41)42/h6,8-12,14,21,24-25,27,53H,4,13,15-16H2,1-3H3,(H,47,54)(H,49,50)/t21?,24-,25+,27?/m0/s1. The molecule has 0 bridgehead atoms. The Morgan fingerprint density at radius 2 is 1.79 bits per heavy atom. The Bertz CT molecular complexity index is 2620. The second kappa shape index (κ2) is 14.3. The number of hydrogen-bond donors (Lipinski definition) is 3. The normalized spacial score (nSPS) is 18.0. The molecule has 3 aromatic heterocycles. The predicted octanol–water partition coefficient (Wildman–Crippen LogP) is 6.59. The first-order valence-electron chi connectivity index (χ1n) is 17.3. The van der Waals surface area contributed by atoms with Crippen molar-refractivity contribution in [1.29, 1.82) is 0 Å². The third kappa shape index (κ3) is 7.77. The second-order valence-electron chi connectivity index (χ2n) is 13.9. The lowest BCUT2D eigenvalue weighted by atomic mass is 9.93. The van der Waals surface area contributed by atoms with Gasteiger partial charge in [-0.25, -0.2) is 22.2 Å². The molecule has 11 nitrogen and oxygen atoms in total. The summed E-state index contributed by atoms with van der Waals surface area (Å²) in [4.78, 5) is 18.5. The van der Waals surface area contributed by atoms with Crippen LogP contribution >= 0.6 is 11.6 Å². The number of nitrogens with zero attached hydrogens (tertiary/aromatic N) is 5. The average Bonchev–Trinajstić information content (AvgIpc) is 3.64. The minimum Gasteiger partial charge on any atom is -0.380 e. The fourth-order valence-electron chi connectivity index (χ4n) is 7.29. The maximum Gasteiger partial charge on any atom is 0.435 e. The quantitative estimate of drug-likeness (QED) is 0.107. The maximum absolute atomic E-state index is 15.4. The van der Waals surface area contributed by atoms with Crippen molar-refractivity contribution in [3.63, 3.8) is 0 Å². The Balaban J connectivity index is 1.38. The molecule has 0 saturated heterocycles. The number of aryl methyl sites for hydroxylation is 1. The Hall–Kier alpha value is -5.19. The first-order chi connectivity index (χ1) is 26.7. The number of aliphatic hydroxyl groups excluding tert-OH is 1. The molecule has 2 unspecified atom stereocenters. The zero-order chi connectivity index (χ0) is 41.4. The molecular weight excluding hydrogens is 807 g/mol. The summed E-state index contributed by atoms with van der Waals surface area (Å²) in [6.07, 6.45) is -5.51. The average molecular weight is 838 g/mol. The van der Waals surface area contributed by atoms with Crippen molar-refractivity contribution in [2.24, 2.45) is 13.0 Å². The molecular formula is C37H31ClF7N7O4S. The highest BCUT2D eigenvalue weighted by molar-refractivity contribution is 7.92. The van der Waals surface area contributed by atoms with Crippen LogP contribution in [-0.4, -0.2) is 56.3 Å². The van der Waals surface area contributed by atoms with Crippen molar-refractivity contribution in [2.75, 3.05) is 11.0 Å². The van der Waals surface area contributed by atoms with Crippen LogP contribution in [0.25, 0.3) is 22.0 Å². The van der Waals surface area contributed by atoms with Crippen LogP contribution in [0.3, 0.4) is 0 Å². The SMILES string of the molecule is CCC(O)C#Cc1ccc(-c2ccc(Cl)c3c(NS(C)(=O)=O)nn(C)c23)c(C(Cc2cc(F)cc(F)c2)NC(=O)Cn2nc(C(F)(F)F)c3c2C(F)(F)[C@@H]2C[C@H]32)n1. The number of rotatable bonds is 10. The largest absolute Gasteiger partial charge is 0.435 e. The zero-order valence-corrected chi connectivity index (χ0v) is 31.6. The van der Waals surface area contributed by atoms with Crippen LogP contribution in [0.4, 0.5) is 36.6 Å². The van der Waals surface area contributed by atoms with E-state index >= 15 is 8.78 Å². The highest BCUT2D eigenvalue weighted by atomic mass is 35.5. The summed E-state index contributed by atoms with van der Waals surface area (Å²) in [6, 6.07) is 7.18. The van der Waals surface area contributed by atoms with Gasteiger partial charge in [0.05, 0.1) is 33.9 Å². The number of pyridine rings is 1. The number of carbonyl (C=O) groups excluding carboxylic acids is 1. The number of anilines is 1. The van der Waals surface area contributed by atoms with Gasteiger partial charge in [0.25, 0.3) is 5.92 Å². The molecule has 0 spiro atoms. The minimum atomic E-state index is -5.08. The Kier molecular flexibility index (Phi) is 10.1. The minimum absolute atomic E-state index is 0.00386. The summed E-state index contributed by atoms with van der Waals surface area (Å²) in [6.45, 7) is 0.593. The van der Waals surface area contributed by atoms with Crippen LogP contribution < -0.4 is 10.0 Å². The van der Waals surface area contributed by atoms with Crippen LogP contribution in [0.5, 0.6) is 0 Å². The number of alkyl halides is 5. The van der Waals surface area contributed by atoms with Crippen LogP contribution in [-0.2, 0) is 46.9 Å². The van der Waals surface area contributed by atoms with Gasteiger partial charge in [0.1, 0.15) is 35.7 Å². The lowest BCUT2D eigenvalue weighted by Crippen LogP contribution is -2.35. The molecule has 57 heavy (non-hydrogen) atoms. The molecule has 0 aliphatic heterocycles. The molecule has 300 valence electrons. The van der Waals surface area contributed by atoms with Crippen molar-refractivity contribution in [1.82, 2.24) is 29.9 Å². The molecule has 1 saturated carbocycles. The molecule has 20 heteroatoms. The topological polar surface area (TPSA) is 144 Å². The number of hydrogen-bond acceptors (Lipinski definition) is 7. The van der Waals surface area contributed by atoms with Gasteiger partial charge < -0.3 is 10.4 Å². The maximum atomic E-state index is 15.4. The van der Waals surface area contributed by atoms with Gasteiger partial charge in [-0.15, -0.1) is 0 Å². The predicted molar refractivity (Wildman–Crippen MR) is 194 cm³/mol. The van der Waals surface area contributed by atoms with Crippen LogP contribution in [0.2, 0.25) is 5.02 Å². The van der Waals surface area contributed by atoms with Gasteiger partial charge in [-0.05, 0) is 67.0 Å². The van der Waals surface area contributed by atoms with E-state index in [4.69, 9.17) is 11.6 Å². The van der Waals surface area contributed by atoms with E-state index in [2.05, 4.69) is 37.1 Å². The zero-order valence-electron chi connectivity index (χ0n) is 30.0. The monoisotopic (exact) mass is 837 g/mol. The van der Waals surface area contributed by atoms with Crippen molar-refractivity contribution in [2.45, 2.75) is 62.9 Å². The third-order valence-electron chi connectivity index (χ3n) is 9.71. The summed E-state index contributed by atoms with van der Waals surface area (Å²) in [5.74, 6) is -3.90. The number of sulfonamides is 1. The number of halogens is 8. The van der Waals surface area contributed by atoms with Gasteiger partial charge in [-0.3, -0.25) is 18.9 Å². The number of carbonyl (C=O) groups is 1. The van der Waals surface area contributed by atoms with E-state index in [9.17, 15) is 40.3 Å². The number of aromatic nitrogens is 5. The molecule has 4 atom stereocenters. The number of aliphatic hydroxyl groups is 1. The molecule has 3 N–H and O–H groups in total. The van der Waals surface area contributed by atoms with E-state index in [1.807, 2.05) is 0 Å². The molecule has 7 rings (SSSR count). The highest BCUT2D eigenvalue weighted by Gasteiger charge is 2.68. The summed E-state index contributed by atoms with van der Waals surface area (Å²) < 4.78 is 130. The fourth-order valence-corrected chi connectivity index (χ4v) is 8.02. The summed E-state index contributed by atoms with van der Waals surface area (Å²) in [5, 5.41) is 20.7. The van der Waals surface area contributed by atoms with E-state index < -0.39 is 93.6 Å². The van der Waals surface area contributed by atoms with Crippen molar-refractivity contribution < 1.29 is 49.1 Å². The molecule has 2 aliphatic carbocycles. The van der Waals surface area contributed by atoms with Crippen LogP contribution in [0.1, 0.15) is 65.6 Å². The lowest BCUT2D eigenvalue weighted by Gasteiger charge is -2.23. The lowest BCUT2D eigenvalue weighted by molar-refractivity contribution is -0.142. The van der Waals surface area contributed by atoms with E-state index in [0.717, 1.165) is 18.4 Å². The Morgan fingerprint density at radius 3 is 2.44 bits per heavy atom. The van der Waals surface area contributed by atoms with Crippen LogP contribution in [0, 0.1) is 29.4 Å². The molecule has 2 aromatic carbocycles. The number of nitrogens with one attached hydrogen (secondary N) is 2. The molecule has 1 amide bonds. The number of fused-ring (bicyclic) bond motifs is 4. The van der Waals surface area contributed by atoms with Gasteiger partial charge in [0.2, 0.25) is 15.9 Å². The molecule has 3 heterocycles. The van der Waals surface area contributed by atoms with Crippen molar-refractivity contribution >= 4 is 44.3 Å². The summed E-state index contributed by atoms with van der Waals surface area (Å²) >= 11 is 6.55. The van der Waals surface area contributed by atoms with Gasteiger partial charge in [0, 0.05) is 35.7 Å². The van der Waals surface area contributed by atoms with Gasteiger partial charge in [-0.1, -0.05) is 30.5 Å². The van der Waals surface area contributed by atoms with Crippen LogP contribution in [0.15, 0.2) is 42.5 Å². The second-order valence-corrected chi connectivity index (χ2v) is 16.1. The number of amides is 1. The van der Waals surface area contributed by atoms with E-state index in [1.165, 1.54) is 29.9 Å². The van der Waals surface area contributed by atoms with Gasteiger partial charge in [0.15, 0.2) is 11.5 Å². The summed E-state index contributed by atoms with van der Waals surface area (Å²) in [5.41, 5.74) is -2.32.